The summed E-state index contributed by atoms with van der Waals surface area (Å²) in [6.45, 7) is 1.52. The Bertz CT molecular complexity index is 324. The standard InChI is InChI=1S/C9H16N4O2S/c1-16-9-12-7(10)6-8(13-9)11-2-4-15-5-3-14/h6,14H,2-5H2,1H3,(H3,10,11,12,13). The van der Waals surface area contributed by atoms with Crippen molar-refractivity contribution in [1.82, 2.24) is 9.97 Å². The predicted octanol–water partition coefficient (Wildman–Crippen LogP) is 0.201. The number of hydrogen-bond donors (Lipinski definition) is 3. The molecule has 0 unspecified atom stereocenters. The monoisotopic (exact) mass is 244 g/mol. The van der Waals surface area contributed by atoms with Gasteiger partial charge in [-0.3, -0.25) is 0 Å². The molecule has 1 rings (SSSR count). The molecule has 0 aliphatic carbocycles. The van der Waals surface area contributed by atoms with Crippen LogP contribution in [0.15, 0.2) is 11.2 Å². The van der Waals surface area contributed by atoms with Crippen LogP contribution in [0.25, 0.3) is 0 Å². The molecule has 6 nitrogen and oxygen atoms in total. The number of aliphatic hydroxyl groups is 1. The number of ether oxygens (including phenoxy) is 1. The highest BCUT2D eigenvalue weighted by Crippen LogP contribution is 2.14. The zero-order chi connectivity index (χ0) is 11.8. The maximum absolute atomic E-state index is 8.50. The molecule has 0 fully saturated rings. The van der Waals surface area contributed by atoms with E-state index in [1.54, 1.807) is 6.07 Å². The van der Waals surface area contributed by atoms with Gasteiger partial charge in [-0.15, -0.1) is 0 Å². The number of nitrogens with one attached hydrogen (secondary N) is 1. The normalized spacial score (nSPS) is 10.4. The number of aromatic nitrogens is 2. The minimum Gasteiger partial charge on any atom is -0.394 e. The Morgan fingerprint density at radius 3 is 3.00 bits per heavy atom. The third-order valence-electron chi connectivity index (χ3n) is 1.70. The number of thioether (sulfide) groups is 1. The van der Waals surface area contributed by atoms with E-state index in [0.29, 0.717) is 36.6 Å². The molecule has 0 aromatic carbocycles. The smallest absolute Gasteiger partial charge is 0.191 e. The van der Waals surface area contributed by atoms with Crippen LogP contribution in [-0.4, -0.2) is 47.7 Å². The van der Waals surface area contributed by atoms with Crippen LogP contribution < -0.4 is 11.1 Å². The van der Waals surface area contributed by atoms with Gasteiger partial charge < -0.3 is 20.9 Å². The molecule has 0 amide bonds. The van der Waals surface area contributed by atoms with Crippen molar-refractivity contribution in [2.45, 2.75) is 5.16 Å². The molecule has 1 aromatic rings. The second-order valence-corrected chi connectivity index (χ2v) is 3.70. The second-order valence-electron chi connectivity index (χ2n) is 2.93. The van der Waals surface area contributed by atoms with Gasteiger partial charge in [-0.05, 0) is 6.26 Å². The summed E-state index contributed by atoms with van der Waals surface area (Å²) < 4.78 is 5.10. The summed E-state index contributed by atoms with van der Waals surface area (Å²) in [6, 6.07) is 1.67. The lowest BCUT2D eigenvalue weighted by atomic mass is 10.5. The first kappa shape index (κ1) is 13.0. The largest absolute Gasteiger partial charge is 0.394 e. The maximum atomic E-state index is 8.50. The lowest BCUT2D eigenvalue weighted by Gasteiger charge is -2.07. The van der Waals surface area contributed by atoms with Crippen molar-refractivity contribution in [3.05, 3.63) is 6.07 Å². The first-order valence-corrected chi connectivity index (χ1v) is 6.09. The van der Waals surface area contributed by atoms with E-state index in [-0.39, 0.29) is 6.61 Å². The van der Waals surface area contributed by atoms with E-state index in [1.165, 1.54) is 11.8 Å². The molecule has 0 spiro atoms. The van der Waals surface area contributed by atoms with Crippen LogP contribution in [0, 0.1) is 0 Å². The minimum atomic E-state index is 0.0388. The van der Waals surface area contributed by atoms with Crippen molar-refractivity contribution in [1.29, 1.82) is 0 Å². The summed E-state index contributed by atoms with van der Waals surface area (Å²) in [5.74, 6) is 1.13. The molecule has 1 heterocycles. The van der Waals surface area contributed by atoms with Crippen molar-refractivity contribution in [3.8, 4) is 0 Å². The van der Waals surface area contributed by atoms with Crippen LogP contribution in [0.1, 0.15) is 0 Å². The van der Waals surface area contributed by atoms with E-state index in [2.05, 4.69) is 15.3 Å². The molecule has 0 saturated heterocycles. The quantitative estimate of drug-likeness (QED) is 0.358. The van der Waals surface area contributed by atoms with Gasteiger partial charge in [-0.1, -0.05) is 11.8 Å². The van der Waals surface area contributed by atoms with Gasteiger partial charge in [0.25, 0.3) is 0 Å². The van der Waals surface area contributed by atoms with Gasteiger partial charge in [0.1, 0.15) is 11.6 Å². The van der Waals surface area contributed by atoms with Gasteiger partial charge in [0.15, 0.2) is 5.16 Å². The first-order valence-electron chi connectivity index (χ1n) is 4.87. The van der Waals surface area contributed by atoms with E-state index in [0.717, 1.165) is 0 Å². The predicted molar refractivity (Wildman–Crippen MR) is 64.6 cm³/mol. The molecule has 0 aliphatic heterocycles. The third-order valence-corrected chi connectivity index (χ3v) is 2.24. The summed E-state index contributed by atoms with van der Waals surface area (Å²) in [5.41, 5.74) is 5.62. The Kier molecular flexibility index (Phi) is 5.91. The topological polar surface area (TPSA) is 93.3 Å². The molecule has 0 atom stereocenters. The summed E-state index contributed by atoms with van der Waals surface area (Å²) in [5, 5.41) is 12.2. The zero-order valence-corrected chi connectivity index (χ0v) is 9.96. The van der Waals surface area contributed by atoms with Crippen molar-refractivity contribution in [3.63, 3.8) is 0 Å². The van der Waals surface area contributed by atoms with E-state index in [1.807, 2.05) is 6.26 Å². The van der Waals surface area contributed by atoms with Crippen LogP contribution in [0.5, 0.6) is 0 Å². The number of nitrogen functional groups attached to an aromatic ring is 1. The second kappa shape index (κ2) is 7.26. The third kappa shape index (κ3) is 4.65. The van der Waals surface area contributed by atoms with Crippen LogP contribution in [-0.2, 0) is 4.74 Å². The average molecular weight is 244 g/mol. The number of nitrogens with zero attached hydrogens (tertiary/aromatic N) is 2. The molecule has 0 aliphatic rings. The number of nitrogens with two attached hydrogens (primary N) is 1. The Morgan fingerprint density at radius 1 is 1.50 bits per heavy atom. The van der Waals surface area contributed by atoms with Gasteiger partial charge >= 0.3 is 0 Å². The molecule has 7 heteroatoms. The SMILES string of the molecule is CSc1nc(N)cc(NCCOCCO)n1. The Labute approximate surface area is 98.6 Å². The fraction of sp³-hybridized carbons (Fsp3) is 0.556. The van der Waals surface area contributed by atoms with E-state index < -0.39 is 0 Å². The van der Waals surface area contributed by atoms with Crippen LogP contribution >= 0.6 is 11.8 Å². The number of hydrogen-bond acceptors (Lipinski definition) is 7. The van der Waals surface area contributed by atoms with Gasteiger partial charge in [-0.2, -0.15) is 0 Å². The number of rotatable bonds is 7. The Morgan fingerprint density at radius 2 is 2.31 bits per heavy atom. The summed E-state index contributed by atoms with van der Waals surface area (Å²) in [4.78, 5) is 8.26. The molecule has 0 bridgehead atoms. The fourth-order valence-corrected chi connectivity index (χ4v) is 1.43. The minimum absolute atomic E-state index is 0.0388. The van der Waals surface area contributed by atoms with Gasteiger partial charge in [-0.25, -0.2) is 9.97 Å². The average Bonchev–Trinajstić information content (AvgIpc) is 2.28. The number of anilines is 2. The van der Waals surface area contributed by atoms with Crippen molar-refractivity contribution in [2.75, 3.05) is 43.7 Å². The molecule has 1 aromatic heterocycles. The highest BCUT2D eigenvalue weighted by molar-refractivity contribution is 7.98. The lowest BCUT2D eigenvalue weighted by molar-refractivity contribution is 0.0992. The highest BCUT2D eigenvalue weighted by atomic mass is 32.2. The van der Waals surface area contributed by atoms with Gasteiger partial charge in [0.2, 0.25) is 0 Å². The van der Waals surface area contributed by atoms with Crippen molar-refractivity contribution in [2.24, 2.45) is 0 Å². The summed E-state index contributed by atoms with van der Waals surface area (Å²) in [6.07, 6.45) is 1.89. The maximum Gasteiger partial charge on any atom is 0.191 e. The fourth-order valence-electron chi connectivity index (χ4n) is 1.04. The molecule has 90 valence electrons. The van der Waals surface area contributed by atoms with Crippen molar-refractivity contribution < 1.29 is 9.84 Å². The number of aliphatic hydroxyl groups excluding tert-OH is 1. The summed E-state index contributed by atoms with van der Waals surface area (Å²) >= 11 is 1.44. The van der Waals surface area contributed by atoms with E-state index in [4.69, 9.17) is 15.6 Å². The van der Waals surface area contributed by atoms with Crippen molar-refractivity contribution >= 4 is 23.4 Å². The Balaban J connectivity index is 2.38. The molecular weight excluding hydrogens is 228 g/mol. The molecular formula is C9H16N4O2S. The molecule has 4 N–H and O–H groups in total. The molecule has 0 radical (unpaired) electrons. The van der Waals surface area contributed by atoms with Crippen LogP contribution in [0.3, 0.4) is 0 Å². The molecule has 16 heavy (non-hydrogen) atoms. The first-order chi connectivity index (χ1) is 7.76. The highest BCUT2D eigenvalue weighted by Gasteiger charge is 2.00. The van der Waals surface area contributed by atoms with E-state index in [9.17, 15) is 0 Å². The van der Waals surface area contributed by atoms with Crippen LogP contribution in [0.4, 0.5) is 11.6 Å². The van der Waals surface area contributed by atoms with E-state index >= 15 is 0 Å². The van der Waals surface area contributed by atoms with Gasteiger partial charge in [0, 0.05) is 12.6 Å². The zero-order valence-electron chi connectivity index (χ0n) is 9.14. The summed E-state index contributed by atoms with van der Waals surface area (Å²) in [7, 11) is 0. The van der Waals surface area contributed by atoms with Gasteiger partial charge in [0.05, 0.1) is 19.8 Å². The Hall–Kier alpha value is -1.05. The molecule has 0 saturated carbocycles. The lowest BCUT2D eigenvalue weighted by Crippen LogP contribution is -2.12. The van der Waals surface area contributed by atoms with Crippen LogP contribution in [0.2, 0.25) is 0 Å².